The average Bonchev–Trinajstić information content (AvgIpc) is 3.74. The molecule has 0 aromatic rings. The van der Waals surface area contributed by atoms with Crippen molar-refractivity contribution in [3.8, 4) is 0 Å². The highest BCUT2D eigenvalue weighted by atomic mass is 16.6. The Bertz CT molecular complexity index is 778. The van der Waals surface area contributed by atoms with Crippen LogP contribution in [0.4, 0.5) is 0 Å². The van der Waals surface area contributed by atoms with E-state index in [4.69, 9.17) is 29.2 Å². The largest absolute Gasteiger partial charge is 0.481 e. The van der Waals surface area contributed by atoms with Crippen LogP contribution in [0.2, 0.25) is 0 Å². The number of likely N-dealkylation sites (tertiary alicyclic amines) is 2. The molecule has 0 aromatic heterocycles. The number of carbonyl (C=O) groups is 4. The molecule has 0 amide bonds. The van der Waals surface area contributed by atoms with Crippen LogP contribution >= 0.6 is 0 Å². The molecule has 0 aromatic carbocycles. The fourth-order valence-corrected chi connectivity index (χ4v) is 5.82. The zero-order valence-corrected chi connectivity index (χ0v) is 28.0. The number of aliphatic carboxylic acids is 2. The van der Waals surface area contributed by atoms with Gasteiger partial charge in [-0.15, -0.1) is 0 Å². The van der Waals surface area contributed by atoms with E-state index in [1.54, 1.807) is 0 Å². The second kappa shape index (κ2) is 25.8. The normalized spacial score (nSPS) is 16.8. The van der Waals surface area contributed by atoms with Crippen LogP contribution < -0.4 is 0 Å². The number of carbonyl (C=O) groups excluding carboxylic acids is 2. The second-order valence-corrected chi connectivity index (χ2v) is 12.6. The minimum absolute atomic E-state index is 0.0888. The highest BCUT2D eigenvalue weighted by Crippen LogP contribution is 2.15. The number of ether oxygens (including phenoxy) is 4. The Balaban J connectivity index is 1.89. The first-order valence-corrected chi connectivity index (χ1v) is 17.8. The van der Waals surface area contributed by atoms with Crippen molar-refractivity contribution in [2.75, 3.05) is 65.7 Å². The van der Waals surface area contributed by atoms with Gasteiger partial charge < -0.3 is 39.0 Å². The van der Waals surface area contributed by atoms with Crippen LogP contribution in [0.25, 0.3) is 0 Å². The Hall–Kier alpha value is -2.28. The van der Waals surface area contributed by atoms with Crippen LogP contribution in [0.3, 0.4) is 0 Å². The highest BCUT2D eigenvalue weighted by molar-refractivity contribution is 5.71. The molecule has 266 valence electrons. The van der Waals surface area contributed by atoms with Gasteiger partial charge in [0.25, 0.3) is 0 Å². The molecule has 12 nitrogen and oxygen atoms in total. The molecule has 2 rings (SSSR count). The Morgan fingerprint density at radius 2 is 0.848 bits per heavy atom. The summed E-state index contributed by atoms with van der Waals surface area (Å²) in [6.45, 7) is 6.31. The Kier molecular flexibility index (Phi) is 22.3. The lowest BCUT2D eigenvalue weighted by atomic mass is 10.1. The Morgan fingerprint density at radius 1 is 0.500 bits per heavy atom. The van der Waals surface area contributed by atoms with E-state index in [-0.39, 0.29) is 50.8 Å². The number of hydrogen-bond acceptors (Lipinski definition) is 10. The molecular formula is C34H60N2O10. The Morgan fingerprint density at radius 3 is 1.22 bits per heavy atom. The number of hydrogen-bond donors (Lipinski definition) is 2. The van der Waals surface area contributed by atoms with Gasteiger partial charge in [-0.25, -0.2) is 0 Å². The first-order chi connectivity index (χ1) is 22.3. The third-order valence-corrected chi connectivity index (χ3v) is 8.56. The first-order valence-electron chi connectivity index (χ1n) is 17.8. The van der Waals surface area contributed by atoms with Gasteiger partial charge >= 0.3 is 23.9 Å². The van der Waals surface area contributed by atoms with Crippen LogP contribution in [-0.4, -0.2) is 122 Å². The molecule has 2 unspecified atom stereocenters. The van der Waals surface area contributed by atoms with Crippen molar-refractivity contribution in [2.24, 2.45) is 0 Å². The fourth-order valence-electron chi connectivity index (χ4n) is 5.82. The number of carboxylic acids is 2. The van der Waals surface area contributed by atoms with Gasteiger partial charge in [-0.3, -0.25) is 19.2 Å². The highest BCUT2D eigenvalue weighted by Gasteiger charge is 2.30. The predicted molar refractivity (Wildman–Crippen MR) is 173 cm³/mol. The van der Waals surface area contributed by atoms with Crippen molar-refractivity contribution in [3.05, 3.63) is 0 Å². The number of carboxylic acid groups (broad SMARTS) is 2. The van der Waals surface area contributed by atoms with E-state index >= 15 is 0 Å². The molecule has 0 radical (unpaired) electrons. The molecule has 2 heterocycles. The SMILES string of the molecule is O=C(O)CCCCCCCOCC(OC(=O)CCN1CCCC1)C(COCCCCCCCC(=O)O)OC(=O)CCN1CCCC1. The topological polar surface area (TPSA) is 152 Å². The van der Waals surface area contributed by atoms with Crippen LogP contribution in [0.15, 0.2) is 0 Å². The van der Waals surface area contributed by atoms with Gasteiger partial charge in [-0.2, -0.15) is 0 Å². The summed E-state index contributed by atoms with van der Waals surface area (Å²) in [6.07, 6.45) is 12.2. The monoisotopic (exact) mass is 656 g/mol. The number of rotatable bonds is 29. The number of nitrogens with zero attached hydrogens (tertiary/aromatic N) is 2. The average molecular weight is 657 g/mol. The van der Waals surface area contributed by atoms with Crippen LogP contribution in [0.5, 0.6) is 0 Å². The van der Waals surface area contributed by atoms with E-state index < -0.39 is 24.1 Å². The lowest BCUT2D eigenvalue weighted by Gasteiger charge is -2.27. The number of unbranched alkanes of at least 4 members (excludes halogenated alkanes) is 8. The lowest BCUT2D eigenvalue weighted by molar-refractivity contribution is -0.178. The van der Waals surface area contributed by atoms with Crippen molar-refractivity contribution in [3.63, 3.8) is 0 Å². The summed E-state index contributed by atoms with van der Waals surface area (Å²) in [7, 11) is 0. The van der Waals surface area contributed by atoms with Crippen molar-refractivity contribution in [2.45, 2.75) is 128 Å². The Labute approximate surface area is 275 Å². The second-order valence-electron chi connectivity index (χ2n) is 12.6. The molecule has 0 bridgehead atoms. The molecule has 0 spiro atoms. The van der Waals surface area contributed by atoms with Gasteiger partial charge in [0.2, 0.25) is 0 Å². The quantitative estimate of drug-likeness (QED) is 0.0850. The van der Waals surface area contributed by atoms with Gasteiger partial charge in [-0.1, -0.05) is 38.5 Å². The zero-order chi connectivity index (χ0) is 33.2. The molecule has 46 heavy (non-hydrogen) atoms. The molecule has 0 aliphatic carbocycles. The third-order valence-electron chi connectivity index (χ3n) is 8.56. The molecule has 2 aliphatic heterocycles. The summed E-state index contributed by atoms with van der Waals surface area (Å²) in [5.74, 6) is -2.24. The zero-order valence-electron chi connectivity index (χ0n) is 28.0. The molecule has 2 N–H and O–H groups in total. The maximum atomic E-state index is 13.0. The van der Waals surface area contributed by atoms with Gasteiger partial charge in [0.05, 0.1) is 26.1 Å². The van der Waals surface area contributed by atoms with Gasteiger partial charge in [0, 0.05) is 39.1 Å². The first kappa shape index (κ1) is 39.9. The molecule has 2 atom stereocenters. The van der Waals surface area contributed by atoms with E-state index in [1.165, 1.54) is 0 Å². The minimum atomic E-state index is -0.798. The summed E-state index contributed by atoms with van der Waals surface area (Å²) in [5, 5.41) is 17.6. The fraction of sp³-hybridized carbons (Fsp3) is 0.882. The van der Waals surface area contributed by atoms with Crippen LogP contribution in [0.1, 0.15) is 116 Å². The van der Waals surface area contributed by atoms with Crippen molar-refractivity contribution in [1.29, 1.82) is 0 Å². The summed E-state index contributed by atoms with van der Waals surface area (Å²) in [6, 6.07) is 0. The van der Waals surface area contributed by atoms with Crippen LogP contribution in [0, 0.1) is 0 Å². The number of esters is 2. The van der Waals surface area contributed by atoms with Gasteiger partial charge in [0.15, 0.2) is 12.2 Å². The smallest absolute Gasteiger partial charge is 0.307 e. The van der Waals surface area contributed by atoms with E-state index in [9.17, 15) is 19.2 Å². The lowest BCUT2D eigenvalue weighted by Crippen LogP contribution is -2.42. The third kappa shape index (κ3) is 20.8. The standard InChI is InChI=1S/C34H60N2O10/c37-31(38)15-7-3-1-5-13-25-43-27-29(45-33(41)17-23-35-19-9-10-20-35)30(46-34(42)18-24-36-21-11-12-22-36)28-44-26-14-6-2-4-8-16-32(39)40/h29-30H,1-28H2,(H,37,38)(H,39,40). The molecular weight excluding hydrogens is 596 g/mol. The maximum Gasteiger partial charge on any atom is 0.307 e. The molecule has 12 heteroatoms. The van der Waals surface area contributed by atoms with Crippen molar-refractivity contribution in [1.82, 2.24) is 9.80 Å². The summed E-state index contributed by atoms with van der Waals surface area (Å²) >= 11 is 0. The molecule has 2 fully saturated rings. The van der Waals surface area contributed by atoms with Gasteiger partial charge in [0.1, 0.15) is 0 Å². The summed E-state index contributed by atoms with van der Waals surface area (Å²) < 4.78 is 23.7. The predicted octanol–water partition coefficient (Wildman–Crippen LogP) is 4.67. The molecule has 2 saturated heterocycles. The van der Waals surface area contributed by atoms with E-state index in [0.717, 1.165) is 103 Å². The van der Waals surface area contributed by atoms with E-state index in [1.807, 2.05) is 0 Å². The summed E-state index contributed by atoms with van der Waals surface area (Å²) in [4.78, 5) is 51.8. The minimum Gasteiger partial charge on any atom is -0.481 e. The molecule has 0 saturated carbocycles. The van der Waals surface area contributed by atoms with Crippen molar-refractivity contribution < 1.29 is 48.3 Å². The van der Waals surface area contributed by atoms with Gasteiger partial charge in [-0.05, 0) is 77.5 Å². The van der Waals surface area contributed by atoms with E-state index in [2.05, 4.69) is 9.80 Å². The maximum absolute atomic E-state index is 13.0. The van der Waals surface area contributed by atoms with Crippen molar-refractivity contribution >= 4 is 23.9 Å². The summed E-state index contributed by atoms with van der Waals surface area (Å²) in [5.41, 5.74) is 0. The van der Waals surface area contributed by atoms with E-state index in [0.29, 0.717) is 39.1 Å². The van der Waals surface area contributed by atoms with Crippen LogP contribution in [-0.2, 0) is 38.1 Å². The molecule has 2 aliphatic rings.